The summed E-state index contributed by atoms with van der Waals surface area (Å²) in [5.74, 6) is 0. The Kier molecular flexibility index (Phi) is 3.51. The van der Waals surface area contributed by atoms with Gasteiger partial charge in [-0.25, -0.2) is 4.98 Å². The highest BCUT2D eigenvalue weighted by Crippen LogP contribution is 2.25. The Hall–Kier alpha value is -0.710. The van der Waals surface area contributed by atoms with E-state index < -0.39 is 0 Å². The third-order valence-corrected chi connectivity index (χ3v) is 3.48. The van der Waals surface area contributed by atoms with Crippen molar-refractivity contribution in [1.29, 1.82) is 0 Å². The number of aliphatic hydroxyl groups is 1. The van der Waals surface area contributed by atoms with Gasteiger partial charge in [0.1, 0.15) is 5.01 Å². The number of hydrogen-bond donors (Lipinski definition) is 1. The second-order valence-corrected chi connectivity index (χ2v) is 4.90. The summed E-state index contributed by atoms with van der Waals surface area (Å²) in [6, 6.07) is 8.07. The molecule has 0 saturated heterocycles. The van der Waals surface area contributed by atoms with Crippen LogP contribution in [0.1, 0.15) is 5.69 Å². The zero-order valence-electron chi connectivity index (χ0n) is 7.98. The highest BCUT2D eigenvalue weighted by atomic mass is 79.9. The molecular formula is C11H10BrNOS. The van der Waals surface area contributed by atoms with Gasteiger partial charge in [-0.05, 0) is 12.1 Å². The fraction of sp³-hybridized carbons (Fsp3) is 0.182. The van der Waals surface area contributed by atoms with Gasteiger partial charge in [0.15, 0.2) is 0 Å². The van der Waals surface area contributed by atoms with E-state index >= 15 is 0 Å². The summed E-state index contributed by atoms with van der Waals surface area (Å²) in [7, 11) is 0. The quantitative estimate of drug-likeness (QED) is 0.939. The number of aromatic nitrogens is 1. The molecule has 0 amide bonds. The van der Waals surface area contributed by atoms with Crippen LogP contribution < -0.4 is 0 Å². The predicted octanol–water partition coefficient (Wildman–Crippen LogP) is 3.11. The van der Waals surface area contributed by atoms with Gasteiger partial charge in [-0.1, -0.05) is 28.1 Å². The molecule has 15 heavy (non-hydrogen) atoms. The van der Waals surface area contributed by atoms with Crippen LogP contribution in [0.3, 0.4) is 0 Å². The molecule has 0 spiro atoms. The van der Waals surface area contributed by atoms with E-state index in [1.807, 2.05) is 29.6 Å². The molecular weight excluding hydrogens is 274 g/mol. The van der Waals surface area contributed by atoms with Gasteiger partial charge in [-0.2, -0.15) is 0 Å². The van der Waals surface area contributed by atoms with Gasteiger partial charge in [-0.15, -0.1) is 11.3 Å². The molecule has 0 saturated carbocycles. The van der Waals surface area contributed by atoms with Crippen molar-refractivity contribution in [1.82, 2.24) is 4.98 Å². The number of benzene rings is 1. The van der Waals surface area contributed by atoms with Crippen LogP contribution in [0.4, 0.5) is 0 Å². The fourth-order valence-electron chi connectivity index (χ4n) is 1.26. The Morgan fingerprint density at radius 2 is 2.00 bits per heavy atom. The Bertz CT molecular complexity index is 438. The predicted molar refractivity (Wildman–Crippen MR) is 66.0 cm³/mol. The average Bonchev–Trinajstić information content (AvgIpc) is 2.68. The van der Waals surface area contributed by atoms with E-state index in [1.54, 1.807) is 11.3 Å². The van der Waals surface area contributed by atoms with Crippen molar-refractivity contribution < 1.29 is 5.11 Å². The standard InChI is InChI=1S/C11H10BrNOS/c12-9-3-1-8(2-4-9)11-13-10(5-6-14)7-15-11/h1-4,7,14H,5-6H2. The lowest BCUT2D eigenvalue weighted by Gasteiger charge is -1.95. The molecule has 1 aromatic carbocycles. The minimum atomic E-state index is 0.156. The summed E-state index contributed by atoms with van der Waals surface area (Å²) in [6.45, 7) is 0.156. The highest BCUT2D eigenvalue weighted by molar-refractivity contribution is 9.10. The molecule has 0 aliphatic carbocycles. The van der Waals surface area contributed by atoms with Gasteiger partial charge in [0.25, 0.3) is 0 Å². The summed E-state index contributed by atoms with van der Waals surface area (Å²) in [4.78, 5) is 4.44. The Morgan fingerprint density at radius 1 is 1.27 bits per heavy atom. The first-order valence-corrected chi connectivity index (χ1v) is 6.28. The minimum Gasteiger partial charge on any atom is -0.396 e. The first kappa shape index (κ1) is 10.8. The first-order valence-electron chi connectivity index (χ1n) is 4.61. The van der Waals surface area contributed by atoms with Gasteiger partial charge in [0, 0.05) is 28.4 Å². The lowest BCUT2D eigenvalue weighted by molar-refractivity contribution is 0.298. The topological polar surface area (TPSA) is 33.1 Å². The number of hydrogen-bond acceptors (Lipinski definition) is 3. The van der Waals surface area contributed by atoms with Crippen molar-refractivity contribution in [3.8, 4) is 10.6 Å². The van der Waals surface area contributed by atoms with Crippen molar-refractivity contribution in [3.05, 3.63) is 39.8 Å². The SMILES string of the molecule is OCCc1csc(-c2ccc(Br)cc2)n1. The molecule has 0 aliphatic heterocycles. The van der Waals surface area contributed by atoms with Gasteiger partial charge >= 0.3 is 0 Å². The van der Waals surface area contributed by atoms with Crippen LogP contribution in [0.2, 0.25) is 0 Å². The van der Waals surface area contributed by atoms with Gasteiger partial charge in [0.05, 0.1) is 5.69 Å². The second kappa shape index (κ2) is 4.88. The third kappa shape index (κ3) is 2.65. The molecule has 1 aromatic heterocycles. The maximum atomic E-state index is 8.79. The maximum absolute atomic E-state index is 8.79. The Labute approximate surface area is 101 Å². The van der Waals surface area contributed by atoms with Crippen LogP contribution in [0, 0.1) is 0 Å². The number of halogens is 1. The second-order valence-electron chi connectivity index (χ2n) is 3.12. The maximum Gasteiger partial charge on any atom is 0.123 e. The number of aliphatic hydroxyl groups excluding tert-OH is 1. The van der Waals surface area contributed by atoms with Crippen molar-refractivity contribution in [3.63, 3.8) is 0 Å². The van der Waals surface area contributed by atoms with Crippen LogP contribution in [0.25, 0.3) is 10.6 Å². The lowest BCUT2D eigenvalue weighted by Crippen LogP contribution is -1.90. The molecule has 2 aromatic rings. The molecule has 78 valence electrons. The lowest BCUT2D eigenvalue weighted by atomic mass is 10.2. The van der Waals surface area contributed by atoms with Crippen LogP contribution in [0.15, 0.2) is 34.1 Å². The fourth-order valence-corrected chi connectivity index (χ4v) is 2.39. The molecule has 0 fully saturated rings. The van der Waals surface area contributed by atoms with E-state index in [0.717, 1.165) is 20.7 Å². The van der Waals surface area contributed by atoms with Crippen LogP contribution >= 0.6 is 27.3 Å². The van der Waals surface area contributed by atoms with E-state index in [9.17, 15) is 0 Å². The minimum absolute atomic E-state index is 0.156. The number of rotatable bonds is 3. The Morgan fingerprint density at radius 3 is 2.67 bits per heavy atom. The van der Waals surface area contributed by atoms with E-state index in [4.69, 9.17) is 5.11 Å². The Balaban J connectivity index is 2.25. The van der Waals surface area contributed by atoms with Crippen LogP contribution in [-0.4, -0.2) is 16.7 Å². The average molecular weight is 284 g/mol. The largest absolute Gasteiger partial charge is 0.396 e. The molecule has 0 aliphatic rings. The number of thiazole rings is 1. The summed E-state index contributed by atoms with van der Waals surface area (Å²) in [5, 5.41) is 11.8. The first-order chi connectivity index (χ1) is 7.29. The smallest absolute Gasteiger partial charge is 0.123 e. The molecule has 1 heterocycles. The van der Waals surface area contributed by atoms with E-state index in [-0.39, 0.29) is 6.61 Å². The molecule has 4 heteroatoms. The van der Waals surface area contributed by atoms with Gasteiger partial charge in [-0.3, -0.25) is 0 Å². The molecule has 2 rings (SSSR count). The monoisotopic (exact) mass is 283 g/mol. The zero-order valence-corrected chi connectivity index (χ0v) is 10.4. The molecule has 0 atom stereocenters. The summed E-state index contributed by atoms with van der Waals surface area (Å²) >= 11 is 5.01. The summed E-state index contributed by atoms with van der Waals surface area (Å²) in [6.07, 6.45) is 0.632. The summed E-state index contributed by atoms with van der Waals surface area (Å²) < 4.78 is 1.07. The van der Waals surface area contributed by atoms with Crippen molar-refractivity contribution in [2.75, 3.05) is 6.61 Å². The van der Waals surface area contributed by atoms with Crippen molar-refractivity contribution in [2.45, 2.75) is 6.42 Å². The third-order valence-electron chi connectivity index (χ3n) is 2.01. The molecule has 2 nitrogen and oxygen atoms in total. The molecule has 1 N–H and O–H groups in total. The van der Waals surface area contributed by atoms with E-state index in [2.05, 4.69) is 20.9 Å². The molecule has 0 radical (unpaired) electrons. The number of nitrogens with zero attached hydrogens (tertiary/aromatic N) is 1. The van der Waals surface area contributed by atoms with Crippen LogP contribution in [0.5, 0.6) is 0 Å². The van der Waals surface area contributed by atoms with E-state index in [1.165, 1.54) is 0 Å². The normalized spacial score (nSPS) is 10.5. The summed E-state index contributed by atoms with van der Waals surface area (Å²) in [5.41, 5.74) is 2.08. The van der Waals surface area contributed by atoms with Crippen molar-refractivity contribution >= 4 is 27.3 Å². The van der Waals surface area contributed by atoms with E-state index in [0.29, 0.717) is 6.42 Å². The highest BCUT2D eigenvalue weighted by Gasteiger charge is 2.03. The molecule has 0 unspecified atom stereocenters. The zero-order chi connectivity index (χ0) is 10.7. The van der Waals surface area contributed by atoms with Gasteiger partial charge < -0.3 is 5.11 Å². The van der Waals surface area contributed by atoms with Gasteiger partial charge in [0.2, 0.25) is 0 Å². The van der Waals surface area contributed by atoms with Crippen LogP contribution in [-0.2, 0) is 6.42 Å². The molecule has 0 bridgehead atoms. The van der Waals surface area contributed by atoms with Crippen molar-refractivity contribution in [2.24, 2.45) is 0 Å².